The van der Waals surface area contributed by atoms with Crippen LogP contribution in [0.2, 0.25) is 0 Å². The van der Waals surface area contributed by atoms with Gasteiger partial charge in [0.2, 0.25) is 15.9 Å². The Morgan fingerprint density at radius 1 is 1.20 bits per heavy atom. The van der Waals surface area contributed by atoms with Crippen molar-refractivity contribution in [2.45, 2.75) is 24.7 Å². The molecule has 3 rings (SSSR count). The predicted molar refractivity (Wildman–Crippen MR) is 111 cm³/mol. The number of nitrogens with zero attached hydrogens (tertiary/aromatic N) is 3. The molecule has 0 radical (unpaired) electrons. The molecule has 0 bridgehead atoms. The summed E-state index contributed by atoms with van der Waals surface area (Å²) in [5, 5.41) is 14.7. The van der Waals surface area contributed by atoms with Crippen LogP contribution in [0.4, 0.5) is 5.69 Å². The monoisotopic (exact) mass is 430 g/mol. The molecule has 1 aliphatic rings. The average molecular weight is 430 g/mol. The van der Waals surface area contributed by atoms with E-state index < -0.39 is 14.9 Å². The van der Waals surface area contributed by atoms with Crippen LogP contribution in [0, 0.1) is 23.0 Å². The molecule has 1 aliphatic heterocycles. The normalized spacial score (nSPS) is 15.9. The number of nitro benzene ring substituents is 1. The van der Waals surface area contributed by atoms with Crippen molar-refractivity contribution in [2.24, 2.45) is 11.0 Å². The fourth-order valence-electron chi connectivity index (χ4n) is 3.20. The molecule has 0 unspecified atom stereocenters. The number of piperidine rings is 1. The largest absolute Gasteiger partial charge is 0.273 e. The number of non-ortho nitro benzene ring substituents is 1. The van der Waals surface area contributed by atoms with Crippen molar-refractivity contribution in [1.29, 1.82) is 0 Å². The van der Waals surface area contributed by atoms with Gasteiger partial charge in [-0.15, -0.1) is 0 Å². The van der Waals surface area contributed by atoms with Gasteiger partial charge in [-0.25, -0.2) is 13.8 Å². The van der Waals surface area contributed by atoms with Crippen molar-refractivity contribution in [3.63, 3.8) is 0 Å². The van der Waals surface area contributed by atoms with Gasteiger partial charge in [-0.1, -0.05) is 29.8 Å². The number of carbonyl (C=O) groups is 1. The molecule has 9 nitrogen and oxygen atoms in total. The highest BCUT2D eigenvalue weighted by Crippen LogP contribution is 2.24. The topological polar surface area (TPSA) is 122 Å². The van der Waals surface area contributed by atoms with Crippen LogP contribution in [0.3, 0.4) is 0 Å². The number of benzene rings is 2. The second kappa shape index (κ2) is 9.14. The minimum absolute atomic E-state index is 0.0626. The van der Waals surface area contributed by atoms with Gasteiger partial charge in [-0.2, -0.15) is 9.41 Å². The summed E-state index contributed by atoms with van der Waals surface area (Å²) in [7, 11) is -3.58. The number of aryl methyl sites for hydroxylation is 1. The van der Waals surface area contributed by atoms with Gasteiger partial charge in [-0.05, 0) is 31.9 Å². The molecule has 0 saturated carbocycles. The number of nitro groups is 1. The lowest BCUT2D eigenvalue weighted by Crippen LogP contribution is -2.42. The van der Waals surface area contributed by atoms with E-state index >= 15 is 0 Å². The third-order valence-electron chi connectivity index (χ3n) is 4.95. The Bertz CT molecular complexity index is 1060. The van der Waals surface area contributed by atoms with Gasteiger partial charge >= 0.3 is 0 Å². The number of rotatable bonds is 6. The smallest absolute Gasteiger partial charge is 0.270 e. The van der Waals surface area contributed by atoms with Crippen molar-refractivity contribution >= 4 is 27.8 Å². The first kappa shape index (κ1) is 21.6. The fourth-order valence-corrected chi connectivity index (χ4v) is 4.67. The molecule has 2 aromatic rings. The number of carbonyl (C=O) groups excluding carboxylic acids is 1. The van der Waals surface area contributed by atoms with E-state index in [2.05, 4.69) is 10.5 Å². The average Bonchev–Trinajstić information content (AvgIpc) is 2.74. The number of hydrogen-bond donors (Lipinski definition) is 1. The zero-order valence-corrected chi connectivity index (χ0v) is 17.2. The SMILES string of the molecule is Cc1ccc(S(=O)(=O)N2CCC(C(=O)NN=Cc3cccc([N+](=O)[O-])c3)CC2)cc1. The lowest BCUT2D eigenvalue weighted by atomic mass is 9.98. The van der Waals surface area contributed by atoms with Crippen LogP contribution < -0.4 is 5.43 Å². The second-order valence-electron chi connectivity index (χ2n) is 7.08. The van der Waals surface area contributed by atoms with Crippen LogP contribution >= 0.6 is 0 Å². The summed E-state index contributed by atoms with van der Waals surface area (Å²) in [6, 6.07) is 12.6. The van der Waals surface area contributed by atoms with E-state index in [4.69, 9.17) is 0 Å². The third kappa shape index (κ3) is 5.08. The number of sulfonamides is 1. The number of amides is 1. The maximum absolute atomic E-state index is 12.7. The summed E-state index contributed by atoms with van der Waals surface area (Å²) in [6.45, 7) is 2.40. The summed E-state index contributed by atoms with van der Waals surface area (Å²) in [4.78, 5) is 22.9. The molecule has 10 heteroatoms. The van der Waals surface area contributed by atoms with Crippen molar-refractivity contribution in [3.05, 3.63) is 69.8 Å². The van der Waals surface area contributed by atoms with Gasteiger partial charge in [0.25, 0.3) is 5.69 Å². The molecule has 1 amide bonds. The maximum atomic E-state index is 12.7. The fraction of sp³-hybridized carbons (Fsp3) is 0.300. The van der Waals surface area contributed by atoms with E-state index in [1.54, 1.807) is 30.3 Å². The molecule has 1 N–H and O–H groups in total. The summed E-state index contributed by atoms with van der Waals surface area (Å²) in [5.41, 5.74) is 3.84. The number of hydrazone groups is 1. The molecule has 1 fully saturated rings. The van der Waals surface area contributed by atoms with Crippen LogP contribution in [0.5, 0.6) is 0 Å². The molecule has 30 heavy (non-hydrogen) atoms. The van der Waals surface area contributed by atoms with Crippen molar-refractivity contribution < 1.29 is 18.1 Å². The highest BCUT2D eigenvalue weighted by atomic mass is 32.2. The van der Waals surface area contributed by atoms with Gasteiger partial charge < -0.3 is 0 Å². The van der Waals surface area contributed by atoms with Gasteiger partial charge in [-0.3, -0.25) is 14.9 Å². The van der Waals surface area contributed by atoms with Crippen LogP contribution in [-0.4, -0.2) is 42.9 Å². The van der Waals surface area contributed by atoms with Gasteiger partial charge in [0.15, 0.2) is 0 Å². The third-order valence-corrected chi connectivity index (χ3v) is 6.87. The van der Waals surface area contributed by atoms with Gasteiger partial charge in [0.05, 0.1) is 16.0 Å². The maximum Gasteiger partial charge on any atom is 0.270 e. The summed E-state index contributed by atoms with van der Waals surface area (Å²) < 4.78 is 26.9. The van der Waals surface area contributed by atoms with Crippen LogP contribution in [0.1, 0.15) is 24.0 Å². The highest BCUT2D eigenvalue weighted by Gasteiger charge is 2.32. The molecule has 0 atom stereocenters. The molecule has 0 aromatic heterocycles. The molecular formula is C20H22N4O5S. The standard InChI is InChI=1S/C20H22N4O5S/c1-15-5-7-19(8-6-15)30(28,29)23-11-9-17(10-12-23)20(25)22-21-14-16-3-2-4-18(13-16)24(26)27/h2-8,13-14,17H,9-12H2,1H3,(H,22,25). The van der Waals surface area contributed by atoms with E-state index in [1.165, 1.54) is 28.7 Å². The van der Waals surface area contributed by atoms with E-state index in [-0.39, 0.29) is 35.5 Å². The molecule has 1 heterocycles. The zero-order valence-electron chi connectivity index (χ0n) is 16.4. The summed E-state index contributed by atoms with van der Waals surface area (Å²) in [5.74, 6) is -0.652. The number of hydrogen-bond acceptors (Lipinski definition) is 6. The quantitative estimate of drug-likeness (QED) is 0.428. The molecule has 1 saturated heterocycles. The minimum atomic E-state index is -3.58. The van der Waals surface area contributed by atoms with E-state index in [1.807, 2.05) is 6.92 Å². The second-order valence-corrected chi connectivity index (χ2v) is 9.02. The van der Waals surface area contributed by atoms with E-state index in [0.717, 1.165) is 5.56 Å². The lowest BCUT2D eigenvalue weighted by Gasteiger charge is -2.30. The predicted octanol–water partition coefficient (Wildman–Crippen LogP) is 2.45. The molecular weight excluding hydrogens is 408 g/mol. The first-order valence-electron chi connectivity index (χ1n) is 9.41. The van der Waals surface area contributed by atoms with Crippen LogP contribution in [-0.2, 0) is 14.8 Å². The van der Waals surface area contributed by atoms with Gasteiger partial charge in [0, 0.05) is 36.7 Å². The summed E-state index contributed by atoms with van der Waals surface area (Å²) in [6.07, 6.45) is 2.12. The molecule has 0 spiro atoms. The van der Waals surface area contributed by atoms with Crippen molar-refractivity contribution in [2.75, 3.05) is 13.1 Å². The van der Waals surface area contributed by atoms with Crippen molar-refractivity contribution in [3.8, 4) is 0 Å². The molecule has 2 aromatic carbocycles. The minimum Gasteiger partial charge on any atom is -0.273 e. The highest BCUT2D eigenvalue weighted by molar-refractivity contribution is 7.89. The van der Waals surface area contributed by atoms with Crippen LogP contribution in [0.15, 0.2) is 58.5 Å². The first-order chi connectivity index (χ1) is 14.3. The number of nitrogens with one attached hydrogen (secondary N) is 1. The Balaban J connectivity index is 1.54. The van der Waals surface area contributed by atoms with E-state index in [9.17, 15) is 23.3 Å². The van der Waals surface area contributed by atoms with E-state index in [0.29, 0.717) is 18.4 Å². The zero-order chi connectivity index (χ0) is 21.7. The Kier molecular flexibility index (Phi) is 6.58. The molecule has 158 valence electrons. The van der Waals surface area contributed by atoms with Crippen molar-refractivity contribution in [1.82, 2.24) is 9.73 Å². The molecule has 0 aliphatic carbocycles. The van der Waals surface area contributed by atoms with Gasteiger partial charge in [0.1, 0.15) is 0 Å². The Hall–Kier alpha value is -3.11. The Morgan fingerprint density at radius 3 is 2.50 bits per heavy atom. The first-order valence-corrected chi connectivity index (χ1v) is 10.9. The van der Waals surface area contributed by atoms with Crippen LogP contribution in [0.25, 0.3) is 0 Å². The summed E-state index contributed by atoms with van der Waals surface area (Å²) >= 11 is 0. The Labute approximate surface area is 174 Å². The Morgan fingerprint density at radius 2 is 1.87 bits per heavy atom. The lowest BCUT2D eigenvalue weighted by molar-refractivity contribution is -0.384.